The van der Waals surface area contributed by atoms with Gasteiger partial charge in [0.2, 0.25) is 0 Å². The maximum absolute atomic E-state index is 12.0. The van der Waals surface area contributed by atoms with Gasteiger partial charge >= 0.3 is 0 Å². The van der Waals surface area contributed by atoms with Crippen molar-refractivity contribution < 1.29 is 4.79 Å². The fourth-order valence-corrected chi connectivity index (χ4v) is 3.24. The fraction of sp³-hybridized carbons (Fsp3) is 0.280. The number of nitrogens with zero attached hydrogens (tertiary/aromatic N) is 2. The molecule has 0 radical (unpaired) electrons. The van der Waals surface area contributed by atoms with Gasteiger partial charge in [0.25, 0.3) is 5.91 Å². The van der Waals surface area contributed by atoms with Crippen LogP contribution < -0.4 is 10.6 Å². The topological polar surface area (TPSA) is 56.7 Å². The van der Waals surface area contributed by atoms with E-state index < -0.39 is 0 Å². The summed E-state index contributed by atoms with van der Waals surface area (Å²) >= 11 is 0. The first kappa shape index (κ1) is 24.7. The molecule has 1 amide bonds. The van der Waals surface area contributed by atoms with Crippen molar-refractivity contribution in [3.63, 3.8) is 0 Å². The lowest BCUT2D eigenvalue weighted by molar-refractivity contribution is 0.0827. The van der Waals surface area contributed by atoms with Crippen molar-refractivity contribution in [3.8, 4) is 0 Å². The van der Waals surface area contributed by atoms with Crippen molar-refractivity contribution in [3.05, 3.63) is 83.4 Å². The molecule has 0 aliphatic carbocycles. The van der Waals surface area contributed by atoms with Gasteiger partial charge in [-0.05, 0) is 47.4 Å². The SMILES string of the molecule is CCNC(=NCc1ccc(C(=O)N(C)C)cc1)NCCc1ccc2ccccc2c1.I. The zero-order valence-electron chi connectivity index (χ0n) is 18.4. The van der Waals surface area contributed by atoms with Crippen LogP contribution in [-0.2, 0) is 13.0 Å². The predicted molar refractivity (Wildman–Crippen MR) is 140 cm³/mol. The Labute approximate surface area is 202 Å². The largest absolute Gasteiger partial charge is 0.357 e. The van der Waals surface area contributed by atoms with E-state index in [1.165, 1.54) is 16.3 Å². The van der Waals surface area contributed by atoms with Crippen LogP contribution in [0.15, 0.2) is 71.7 Å². The Bertz CT molecular complexity index is 1020. The van der Waals surface area contributed by atoms with Crippen LogP contribution in [0.25, 0.3) is 10.8 Å². The lowest BCUT2D eigenvalue weighted by Crippen LogP contribution is -2.38. The maximum atomic E-state index is 12.0. The number of hydrogen-bond donors (Lipinski definition) is 2. The minimum absolute atomic E-state index is 0. The molecule has 0 saturated heterocycles. The van der Waals surface area contributed by atoms with E-state index in [-0.39, 0.29) is 29.9 Å². The average Bonchev–Trinajstić information content (AvgIpc) is 2.77. The number of guanidine groups is 1. The van der Waals surface area contributed by atoms with E-state index in [0.29, 0.717) is 12.1 Å². The first-order valence-corrected chi connectivity index (χ1v) is 10.4. The van der Waals surface area contributed by atoms with Crippen LogP contribution in [0.1, 0.15) is 28.4 Å². The molecule has 0 saturated carbocycles. The Hall–Kier alpha value is -2.61. The van der Waals surface area contributed by atoms with E-state index in [0.717, 1.165) is 31.0 Å². The number of carbonyl (C=O) groups excluding carboxylic acids is 1. The molecule has 31 heavy (non-hydrogen) atoms. The molecule has 0 aromatic heterocycles. The summed E-state index contributed by atoms with van der Waals surface area (Å²) in [7, 11) is 3.51. The molecule has 3 aromatic carbocycles. The molecule has 0 unspecified atom stereocenters. The van der Waals surface area contributed by atoms with Gasteiger partial charge in [0.15, 0.2) is 5.96 Å². The number of amides is 1. The molecule has 164 valence electrons. The second-order valence-corrected chi connectivity index (χ2v) is 7.45. The van der Waals surface area contributed by atoms with Crippen LogP contribution in [0.5, 0.6) is 0 Å². The first-order chi connectivity index (χ1) is 14.6. The van der Waals surface area contributed by atoms with Crippen molar-refractivity contribution in [2.24, 2.45) is 4.99 Å². The van der Waals surface area contributed by atoms with Gasteiger partial charge in [0.1, 0.15) is 0 Å². The van der Waals surface area contributed by atoms with Gasteiger partial charge in [0.05, 0.1) is 6.54 Å². The second-order valence-electron chi connectivity index (χ2n) is 7.45. The number of halogens is 1. The number of fused-ring (bicyclic) bond motifs is 1. The second kappa shape index (κ2) is 12.3. The minimum Gasteiger partial charge on any atom is -0.357 e. The van der Waals surface area contributed by atoms with Gasteiger partial charge in [-0.15, -0.1) is 24.0 Å². The summed E-state index contributed by atoms with van der Waals surface area (Å²) in [5, 5.41) is 9.24. The lowest BCUT2D eigenvalue weighted by atomic mass is 10.1. The summed E-state index contributed by atoms with van der Waals surface area (Å²) in [6.07, 6.45) is 0.927. The number of nitrogens with one attached hydrogen (secondary N) is 2. The molecule has 3 aromatic rings. The number of benzene rings is 3. The molecule has 3 rings (SSSR count). The summed E-state index contributed by atoms with van der Waals surface area (Å²) in [6, 6.07) is 22.7. The first-order valence-electron chi connectivity index (χ1n) is 10.4. The summed E-state index contributed by atoms with van der Waals surface area (Å²) < 4.78 is 0. The number of carbonyl (C=O) groups is 1. The van der Waals surface area contributed by atoms with Crippen LogP contribution in [0.2, 0.25) is 0 Å². The molecule has 5 nitrogen and oxygen atoms in total. The summed E-state index contributed by atoms with van der Waals surface area (Å²) in [5.41, 5.74) is 3.06. The Morgan fingerprint density at radius 2 is 1.58 bits per heavy atom. The molecule has 0 fully saturated rings. The van der Waals surface area contributed by atoms with Crippen LogP contribution in [0.4, 0.5) is 0 Å². The van der Waals surface area contributed by atoms with E-state index in [2.05, 4.69) is 65.0 Å². The van der Waals surface area contributed by atoms with Gasteiger partial charge in [-0.2, -0.15) is 0 Å². The van der Waals surface area contributed by atoms with Gasteiger partial charge in [-0.25, -0.2) is 4.99 Å². The third-order valence-corrected chi connectivity index (χ3v) is 4.89. The smallest absolute Gasteiger partial charge is 0.253 e. The third-order valence-electron chi connectivity index (χ3n) is 4.89. The van der Waals surface area contributed by atoms with Crippen LogP contribution in [0.3, 0.4) is 0 Å². The van der Waals surface area contributed by atoms with E-state index >= 15 is 0 Å². The molecule has 0 spiro atoms. The summed E-state index contributed by atoms with van der Waals surface area (Å²) in [6.45, 7) is 4.22. The average molecular weight is 530 g/mol. The van der Waals surface area contributed by atoms with Crippen molar-refractivity contribution >= 4 is 46.6 Å². The molecule has 2 N–H and O–H groups in total. The number of hydrogen-bond acceptors (Lipinski definition) is 2. The standard InChI is InChI=1S/C25H30N4O.HI/c1-4-26-25(28-18-20-10-13-22(14-11-20)24(30)29(2)3)27-16-15-19-9-12-21-7-5-6-8-23(21)17-19;/h5-14,17H,4,15-16,18H2,1-3H3,(H2,26,27,28);1H. The zero-order chi connectivity index (χ0) is 21.3. The number of rotatable bonds is 7. The van der Waals surface area contributed by atoms with E-state index in [4.69, 9.17) is 0 Å². The van der Waals surface area contributed by atoms with Crippen molar-refractivity contribution in [1.29, 1.82) is 0 Å². The molecule has 0 aliphatic rings. The molecular formula is C25H31IN4O. The molecule has 6 heteroatoms. The van der Waals surface area contributed by atoms with Crippen LogP contribution in [0, 0.1) is 0 Å². The Morgan fingerprint density at radius 1 is 0.903 bits per heavy atom. The fourth-order valence-electron chi connectivity index (χ4n) is 3.24. The van der Waals surface area contributed by atoms with Crippen LogP contribution >= 0.6 is 24.0 Å². The van der Waals surface area contributed by atoms with Crippen molar-refractivity contribution in [2.75, 3.05) is 27.2 Å². The summed E-state index contributed by atoms with van der Waals surface area (Å²) in [4.78, 5) is 18.2. The van der Waals surface area contributed by atoms with E-state index in [1.807, 2.05) is 24.3 Å². The van der Waals surface area contributed by atoms with Crippen molar-refractivity contribution in [1.82, 2.24) is 15.5 Å². The normalized spacial score (nSPS) is 11.0. The highest BCUT2D eigenvalue weighted by molar-refractivity contribution is 14.0. The zero-order valence-corrected chi connectivity index (χ0v) is 20.7. The number of aliphatic imine (C=N–C) groups is 1. The van der Waals surface area contributed by atoms with E-state index in [1.54, 1.807) is 19.0 Å². The van der Waals surface area contributed by atoms with Gasteiger partial charge < -0.3 is 15.5 Å². The molecule has 0 atom stereocenters. The van der Waals surface area contributed by atoms with Crippen LogP contribution in [-0.4, -0.2) is 44.0 Å². The Kier molecular flexibility index (Phi) is 9.78. The summed E-state index contributed by atoms with van der Waals surface area (Å²) in [5.74, 6) is 0.806. The quantitative estimate of drug-likeness (QED) is 0.270. The molecule has 0 aliphatic heterocycles. The third kappa shape index (κ3) is 7.24. The highest BCUT2D eigenvalue weighted by Gasteiger charge is 2.07. The van der Waals surface area contributed by atoms with Gasteiger partial charge in [-0.3, -0.25) is 4.79 Å². The monoisotopic (exact) mass is 530 g/mol. The van der Waals surface area contributed by atoms with Gasteiger partial charge in [0, 0.05) is 32.7 Å². The van der Waals surface area contributed by atoms with Gasteiger partial charge in [-0.1, -0.05) is 54.6 Å². The Morgan fingerprint density at radius 3 is 2.26 bits per heavy atom. The van der Waals surface area contributed by atoms with Crippen molar-refractivity contribution in [2.45, 2.75) is 19.9 Å². The maximum Gasteiger partial charge on any atom is 0.253 e. The minimum atomic E-state index is 0. The predicted octanol–water partition coefficient (Wildman–Crippen LogP) is 4.46. The van der Waals surface area contributed by atoms with E-state index in [9.17, 15) is 4.79 Å². The molecular weight excluding hydrogens is 499 g/mol. The highest BCUT2D eigenvalue weighted by atomic mass is 127. The lowest BCUT2D eigenvalue weighted by Gasteiger charge is -2.12. The highest BCUT2D eigenvalue weighted by Crippen LogP contribution is 2.15. The molecule has 0 heterocycles. The Balaban J connectivity index is 0.00000341. The molecule has 0 bridgehead atoms.